The van der Waals surface area contributed by atoms with Gasteiger partial charge in [-0.15, -0.1) is 0 Å². The number of hydrogen-bond donors (Lipinski definition) is 2. The van der Waals surface area contributed by atoms with Gasteiger partial charge in [0.15, 0.2) is 0 Å². The van der Waals surface area contributed by atoms with Crippen LogP contribution in [0.2, 0.25) is 0 Å². The van der Waals surface area contributed by atoms with E-state index in [1.807, 2.05) is 0 Å². The van der Waals surface area contributed by atoms with Gasteiger partial charge in [0.1, 0.15) is 5.82 Å². The van der Waals surface area contributed by atoms with Crippen LogP contribution in [0.5, 0.6) is 0 Å². The number of halogens is 1. The molecule has 0 saturated heterocycles. The lowest BCUT2D eigenvalue weighted by Gasteiger charge is -2.03. The number of anilines is 1. The van der Waals surface area contributed by atoms with Gasteiger partial charge >= 0.3 is 0 Å². The molecule has 1 amide bonds. The lowest BCUT2D eigenvalue weighted by Crippen LogP contribution is -2.21. The highest BCUT2D eigenvalue weighted by molar-refractivity contribution is 5.92. The largest absolute Gasteiger partial charge is 0.325 e. The average Bonchev–Trinajstić information content (AvgIpc) is 2.16. The van der Waals surface area contributed by atoms with E-state index in [4.69, 9.17) is 5.73 Å². The molecule has 0 heterocycles. The van der Waals surface area contributed by atoms with Crippen molar-refractivity contribution < 1.29 is 14.1 Å². The summed E-state index contributed by atoms with van der Waals surface area (Å²) in [6, 6.07) is 2.79. The molecule has 3 N–H and O–H groups in total. The third kappa shape index (κ3) is 2.99. The molecule has 0 radical (unpaired) electrons. The second kappa shape index (κ2) is 4.47. The Morgan fingerprint density at radius 1 is 1.53 bits per heavy atom. The van der Waals surface area contributed by atoms with Crippen molar-refractivity contribution in [2.75, 3.05) is 11.9 Å². The summed E-state index contributed by atoms with van der Waals surface area (Å²) in [4.78, 5) is 20.5. The first kappa shape index (κ1) is 11.1. The molecule has 0 atom stereocenters. The molecule has 80 valence electrons. The molecule has 0 unspecified atom stereocenters. The van der Waals surface area contributed by atoms with E-state index in [0.29, 0.717) is 0 Å². The van der Waals surface area contributed by atoms with E-state index >= 15 is 0 Å². The quantitative estimate of drug-likeness (QED) is 0.568. The number of benzene rings is 1. The first-order valence-electron chi connectivity index (χ1n) is 3.98. The van der Waals surface area contributed by atoms with Crippen molar-refractivity contribution in [2.45, 2.75) is 0 Å². The number of nitro benzene ring substituents is 1. The van der Waals surface area contributed by atoms with Gasteiger partial charge in [0.2, 0.25) is 5.91 Å². The second-order valence-corrected chi connectivity index (χ2v) is 2.71. The zero-order valence-electron chi connectivity index (χ0n) is 7.57. The smallest absolute Gasteiger partial charge is 0.274 e. The van der Waals surface area contributed by atoms with Crippen LogP contribution in [0.3, 0.4) is 0 Å². The van der Waals surface area contributed by atoms with Crippen molar-refractivity contribution >= 4 is 17.3 Å². The van der Waals surface area contributed by atoms with Crippen LogP contribution in [0.15, 0.2) is 18.2 Å². The highest BCUT2D eigenvalue weighted by atomic mass is 19.1. The van der Waals surface area contributed by atoms with Crippen LogP contribution in [-0.2, 0) is 4.79 Å². The number of hydrogen-bond acceptors (Lipinski definition) is 4. The Hall–Kier alpha value is -2.02. The summed E-state index contributed by atoms with van der Waals surface area (Å²) in [7, 11) is 0. The number of nitrogens with two attached hydrogens (primary N) is 1. The summed E-state index contributed by atoms with van der Waals surface area (Å²) in [6.07, 6.45) is 0. The molecule has 0 spiro atoms. The number of carbonyl (C=O) groups excluding carboxylic acids is 1. The van der Waals surface area contributed by atoms with E-state index in [0.717, 1.165) is 18.2 Å². The van der Waals surface area contributed by atoms with E-state index < -0.39 is 22.3 Å². The van der Waals surface area contributed by atoms with Crippen molar-refractivity contribution in [2.24, 2.45) is 5.73 Å². The SMILES string of the molecule is NCC(=O)Nc1cc(F)cc([N+](=O)[O-])c1. The van der Waals surface area contributed by atoms with Gasteiger partial charge in [0.25, 0.3) is 5.69 Å². The number of nitrogens with one attached hydrogen (secondary N) is 1. The molecule has 0 aliphatic rings. The first-order valence-corrected chi connectivity index (χ1v) is 3.98. The molecule has 7 heteroatoms. The Labute approximate surface area is 84.0 Å². The van der Waals surface area contributed by atoms with Crippen LogP contribution in [-0.4, -0.2) is 17.4 Å². The van der Waals surface area contributed by atoms with Gasteiger partial charge in [0.05, 0.1) is 23.2 Å². The fourth-order valence-corrected chi connectivity index (χ4v) is 0.964. The first-order chi connectivity index (χ1) is 7.02. The molecule has 0 aliphatic heterocycles. The van der Waals surface area contributed by atoms with Crippen molar-refractivity contribution in [3.8, 4) is 0 Å². The van der Waals surface area contributed by atoms with Crippen molar-refractivity contribution in [1.29, 1.82) is 0 Å². The van der Waals surface area contributed by atoms with E-state index in [9.17, 15) is 19.3 Å². The Kier molecular flexibility index (Phi) is 3.29. The molecule has 1 aromatic rings. The third-order valence-corrected chi connectivity index (χ3v) is 1.56. The fraction of sp³-hybridized carbons (Fsp3) is 0.125. The van der Waals surface area contributed by atoms with Crippen molar-refractivity contribution in [3.05, 3.63) is 34.1 Å². The maximum absolute atomic E-state index is 12.9. The lowest BCUT2D eigenvalue weighted by molar-refractivity contribution is -0.385. The van der Waals surface area contributed by atoms with Gasteiger partial charge in [-0.1, -0.05) is 0 Å². The van der Waals surface area contributed by atoms with Crippen molar-refractivity contribution in [1.82, 2.24) is 0 Å². The van der Waals surface area contributed by atoms with Gasteiger partial charge in [0, 0.05) is 6.07 Å². The Bertz CT molecular complexity index is 408. The van der Waals surface area contributed by atoms with E-state index in [-0.39, 0.29) is 12.2 Å². The van der Waals surface area contributed by atoms with Crippen LogP contribution in [0.25, 0.3) is 0 Å². The highest BCUT2D eigenvalue weighted by Crippen LogP contribution is 2.19. The highest BCUT2D eigenvalue weighted by Gasteiger charge is 2.10. The van der Waals surface area contributed by atoms with Crippen LogP contribution in [0.4, 0.5) is 15.8 Å². The van der Waals surface area contributed by atoms with Gasteiger partial charge < -0.3 is 11.1 Å². The molecule has 0 saturated carbocycles. The molecule has 0 bridgehead atoms. The molecule has 6 nitrogen and oxygen atoms in total. The monoisotopic (exact) mass is 213 g/mol. The lowest BCUT2D eigenvalue weighted by atomic mass is 10.2. The minimum Gasteiger partial charge on any atom is -0.325 e. The van der Waals surface area contributed by atoms with Crippen molar-refractivity contribution in [3.63, 3.8) is 0 Å². The fourth-order valence-electron chi connectivity index (χ4n) is 0.964. The summed E-state index contributed by atoms with van der Waals surface area (Å²) in [5.41, 5.74) is 4.60. The van der Waals surface area contributed by atoms with E-state index in [1.165, 1.54) is 0 Å². The molecule has 0 aliphatic carbocycles. The van der Waals surface area contributed by atoms with E-state index in [1.54, 1.807) is 0 Å². The van der Waals surface area contributed by atoms with Crippen LogP contribution in [0.1, 0.15) is 0 Å². The minimum absolute atomic E-state index is 0.0113. The molecule has 0 aromatic heterocycles. The standard InChI is InChI=1S/C8H8FN3O3/c9-5-1-6(11-8(13)4-10)3-7(2-5)12(14)15/h1-3H,4,10H2,(H,11,13). The predicted octanol–water partition coefficient (Wildman–Crippen LogP) is 0.631. The predicted molar refractivity (Wildman–Crippen MR) is 50.7 cm³/mol. The maximum Gasteiger partial charge on any atom is 0.274 e. The van der Waals surface area contributed by atoms with Gasteiger partial charge in [-0.3, -0.25) is 14.9 Å². The number of rotatable bonds is 3. The molecule has 15 heavy (non-hydrogen) atoms. The number of carbonyl (C=O) groups is 1. The minimum atomic E-state index is -0.795. The van der Waals surface area contributed by atoms with Crippen LogP contribution in [0, 0.1) is 15.9 Å². The zero-order valence-corrected chi connectivity index (χ0v) is 7.57. The summed E-state index contributed by atoms with van der Waals surface area (Å²) in [5, 5.41) is 12.6. The average molecular weight is 213 g/mol. The molecular weight excluding hydrogens is 205 g/mol. The number of nitrogens with zero attached hydrogens (tertiary/aromatic N) is 1. The maximum atomic E-state index is 12.9. The summed E-state index contributed by atoms with van der Waals surface area (Å²) in [6.45, 7) is -0.274. The van der Waals surface area contributed by atoms with Gasteiger partial charge in [-0.25, -0.2) is 4.39 Å². The zero-order chi connectivity index (χ0) is 11.4. The van der Waals surface area contributed by atoms with Gasteiger partial charge in [-0.2, -0.15) is 0 Å². The molecular formula is C8H8FN3O3. The molecule has 1 rings (SSSR count). The Morgan fingerprint density at radius 2 is 2.20 bits per heavy atom. The molecule has 0 fully saturated rings. The Balaban J connectivity index is 2.98. The normalized spacial score (nSPS) is 9.73. The summed E-state index contributed by atoms with van der Waals surface area (Å²) >= 11 is 0. The van der Waals surface area contributed by atoms with E-state index in [2.05, 4.69) is 5.32 Å². The van der Waals surface area contributed by atoms with Crippen LogP contribution < -0.4 is 11.1 Å². The molecule has 1 aromatic carbocycles. The Morgan fingerprint density at radius 3 is 2.73 bits per heavy atom. The summed E-state index contributed by atoms with van der Waals surface area (Å²) < 4.78 is 12.9. The number of nitro groups is 1. The third-order valence-electron chi connectivity index (χ3n) is 1.56. The van der Waals surface area contributed by atoms with Gasteiger partial charge in [-0.05, 0) is 6.07 Å². The number of non-ortho nitro benzene ring substituents is 1. The topological polar surface area (TPSA) is 98.3 Å². The van der Waals surface area contributed by atoms with Crippen LogP contribution >= 0.6 is 0 Å². The number of amides is 1. The second-order valence-electron chi connectivity index (χ2n) is 2.71. The summed E-state index contributed by atoms with van der Waals surface area (Å²) in [5.74, 6) is -1.34.